The van der Waals surface area contributed by atoms with Crippen LogP contribution >= 0.6 is 0 Å². The maximum absolute atomic E-state index is 11.3. The molecule has 0 spiro atoms. The van der Waals surface area contributed by atoms with Crippen LogP contribution in [0.15, 0.2) is 12.7 Å². The van der Waals surface area contributed by atoms with Gasteiger partial charge in [0.25, 0.3) is 0 Å². The average molecular weight is 286 g/mol. The highest BCUT2D eigenvalue weighted by atomic mass is 16.5. The van der Waals surface area contributed by atoms with Gasteiger partial charge >= 0.3 is 12.0 Å². The largest absolute Gasteiger partial charge is 0.481 e. The Bertz CT molecular complexity index is 331. The molecule has 0 saturated carbocycles. The lowest BCUT2D eigenvalue weighted by Crippen LogP contribution is -2.40. The highest BCUT2D eigenvalue weighted by molar-refractivity contribution is 5.94. The number of hydrogen-bond acceptors (Lipinski definition) is 4. The van der Waals surface area contributed by atoms with Crippen molar-refractivity contribution in [2.24, 2.45) is 0 Å². The van der Waals surface area contributed by atoms with Gasteiger partial charge in [0.1, 0.15) is 0 Å². The molecule has 0 aliphatic heterocycles. The van der Waals surface area contributed by atoms with Gasteiger partial charge in [-0.1, -0.05) is 6.08 Å². The van der Waals surface area contributed by atoms with E-state index in [1.54, 1.807) is 6.08 Å². The number of carboxylic acids is 1. The molecule has 0 rings (SSSR count). The van der Waals surface area contributed by atoms with E-state index < -0.39 is 17.9 Å². The Morgan fingerprint density at radius 2 is 1.85 bits per heavy atom. The average Bonchev–Trinajstić information content (AvgIpc) is 2.38. The van der Waals surface area contributed by atoms with Crippen LogP contribution in [0.1, 0.15) is 32.1 Å². The number of carbonyl (C=O) groups is 3. The molecule has 0 aliphatic rings. The van der Waals surface area contributed by atoms with Gasteiger partial charge in [-0.3, -0.25) is 14.9 Å². The van der Waals surface area contributed by atoms with E-state index in [-0.39, 0.29) is 12.8 Å². The van der Waals surface area contributed by atoms with E-state index in [0.29, 0.717) is 32.6 Å². The lowest BCUT2D eigenvalue weighted by molar-refractivity contribution is -0.137. The molecule has 0 heterocycles. The second kappa shape index (κ2) is 12.2. The van der Waals surface area contributed by atoms with Crippen molar-refractivity contribution >= 4 is 17.9 Å². The van der Waals surface area contributed by atoms with Crippen molar-refractivity contribution in [1.29, 1.82) is 0 Å². The Balaban J connectivity index is 3.47. The van der Waals surface area contributed by atoms with E-state index in [9.17, 15) is 14.4 Å². The number of ether oxygens (including phenoxy) is 1. The van der Waals surface area contributed by atoms with Crippen LogP contribution in [0.5, 0.6) is 0 Å². The lowest BCUT2D eigenvalue weighted by atomic mass is 10.2. The SMILES string of the molecule is C=CCCOCCNC(=O)NC(=O)CCCCC(=O)O. The van der Waals surface area contributed by atoms with Crippen LogP contribution in [0.25, 0.3) is 0 Å². The van der Waals surface area contributed by atoms with Crippen LogP contribution in [0, 0.1) is 0 Å². The molecular formula is C13H22N2O5. The number of imide groups is 1. The molecule has 3 N–H and O–H groups in total. The van der Waals surface area contributed by atoms with Crippen molar-refractivity contribution in [3.63, 3.8) is 0 Å². The summed E-state index contributed by atoms with van der Waals surface area (Å²) in [6.45, 7) is 4.78. The number of hydrogen-bond donors (Lipinski definition) is 3. The van der Waals surface area contributed by atoms with Crippen LogP contribution in [0.3, 0.4) is 0 Å². The summed E-state index contributed by atoms with van der Waals surface area (Å²) < 4.78 is 5.18. The number of rotatable bonds is 11. The molecule has 0 radical (unpaired) electrons. The number of amides is 3. The van der Waals surface area contributed by atoms with Crippen molar-refractivity contribution in [3.05, 3.63) is 12.7 Å². The molecule has 114 valence electrons. The van der Waals surface area contributed by atoms with Crippen molar-refractivity contribution in [2.45, 2.75) is 32.1 Å². The minimum atomic E-state index is -0.889. The summed E-state index contributed by atoms with van der Waals surface area (Å²) in [7, 11) is 0. The number of carbonyl (C=O) groups excluding carboxylic acids is 2. The number of nitrogens with one attached hydrogen (secondary N) is 2. The minimum absolute atomic E-state index is 0.0293. The summed E-state index contributed by atoms with van der Waals surface area (Å²) in [5.41, 5.74) is 0. The standard InChI is InChI=1S/C13H22N2O5/c1-2-3-9-20-10-8-14-13(19)15-11(16)6-4-5-7-12(17)18/h2H,1,3-10H2,(H,17,18)(H2,14,15,16,19). The fraction of sp³-hybridized carbons (Fsp3) is 0.615. The third-order valence-electron chi connectivity index (χ3n) is 2.30. The van der Waals surface area contributed by atoms with Crippen LogP contribution in [-0.4, -0.2) is 42.8 Å². The van der Waals surface area contributed by atoms with E-state index in [0.717, 1.165) is 6.42 Å². The van der Waals surface area contributed by atoms with Gasteiger partial charge in [0.2, 0.25) is 5.91 Å². The zero-order valence-electron chi connectivity index (χ0n) is 11.5. The number of urea groups is 1. The molecular weight excluding hydrogens is 264 g/mol. The van der Waals surface area contributed by atoms with E-state index in [1.807, 2.05) is 0 Å². The van der Waals surface area contributed by atoms with Gasteiger partial charge < -0.3 is 15.2 Å². The molecule has 0 unspecified atom stereocenters. The van der Waals surface area contributed by atoms with Crippen LogP contribution in [0.4, 0.5) is 4.79 Å². The van der Waals surface area contributed by atoms with E-state index >= 15 is 0 Å². The molecule has 0 aromatic rings. The molecule has 3 amide bonds. The van der Waals surface area contributed by atoms with E-state index in [4.69, 9.17) is 9.84 Å². The van der Waals surface area contributed by atoms with Gasteiger partial charge in [0.05, 0.1) is 13.2 Å². The summed E-state index contributed by atoms with van der Waals surface area (Å²) in [5.74, 6) is -1.31. The van der Waals surface area contributed by atoms with Gasteiger partial charge in [0.15, 0.2) is 0 Å². The second-order valence-corrected chi connectivity index (χ2v) is 4.09. The fourth-order valence-corrected chi connectivity index (χ4v) is 1.30. The number of aliphatic carboxylic acids is 1. The predicted octanol–water partition coefficient (Wildman–Crippen LogP) is 1.05. The first-order valence-electron chi connectivity index (χ1n) is 6.54. The number of unbranched alkanes of at least 4 members (excludes halogenated alkanes) is 1. The van der Waals surface area contributed by atoms with Crippen LogP contribution in [-0.2, 0) is 14.3 Å². The Hall–Kier alpha value is -1.89. The first-order chi connectivity index (χ1) is 9.56. The minimum Gasteiger partial charge on any atom is -0.481 e. The van der Waals surface area contributed by atoms with Crippen LogP contribution in [0.2, 0.25) is 0 Å². The summed E-state index contributed by atoms with van der Waals surface area (Å²) in [6.07, 6.45) is 3.51. The second-order valence-electron chi connectivity index (χ2n) is 4.09. The molecule has 0 saturated heterocycles. The third kappa shape index (κ3) is 12.6. The first-order valence-corrected chi connectivity index (χ1v) is 6.54. The third-order valence-corrected chi connectivity index (χ3v) is 2.30. The first kappa shape index (κ1) is 18.1. The molecule has 0 aromatic carbocycles. The summed E-state index contributed by atoms with van der Waals surface area (Å²) >= 11 is 0. The summed E-state index contributed by atoms with van der Waals surface area (Å²) in [4.78, 5) is 32.8. The van der Waals surface area contributed by atoms with Gasteiger partial charge in [-0.2, -0.15) is 0 Å². The van der Waals surface area contributed by atoms with Crippen molar-refractivity contribution in [1.82, 2.24) is 10.6 Å². The monoisotopic (exact) mass is 286 g/mol. The van der Waals surface area contributed by atoms with Crippen molar-refractivity contribution in [2.75, 3.05) is 19.8 Å². The normalized spacial score (nSPS) is 9.80. The molecule has 7 nitrogen and oxygen atoms in total. The quantitative estimate of drug-likeness (QED) is 0.389. The number of carboxylic acid groups (broad SMARTS) is 1. The Morgan fingerprint density at radius 1 is 1.15 bits per heavy atom. The van der Waals surface area contributed by atoms with E-state index in [1.165, 1.54) is 0 Å². The highest BCUT2D eigenvalue weighted by Gasteiger charge is 2.07. The highest BCUT2D eigenvalue weighted by Crippen LogP contribution is 1.99. The van der Waals surface area contributed by atoms with Crippen molar-refractivity contribution < 1.29 is 24.2 Å². The lowest BCUT2D eigenvalue weighted by Gasteiger charge is -2.07. The van der Waals surface area contributed by atoms with E-state index in [2.05, 4.69) is 17.2 Å². The van der Waals surface area contributed by atoms with Crippen molar-refractivity contribution in [3.8, 4) is 0 Å². The topological polar surface area (TPSA) is 105 Å². The Kier molecular flexibility index (Phi) is 11.0. The predicted molar refractivity (Wildman–Crippen MR) is 73.3 cm³/mol. The molecule has 0 aliphatic carbocycles. The molecule has 0 fully saturated rings. The molecule has 0 atom stereocenters. The Morgan fingerprint density at radius 3 is 2.50 bits per heavy atom. The zero-order chi connectivity index (χ0) is 15.2. The summed E-state index contributed by atoms with van der Waals surface area (Å²) in [5, 5.41) is 13.1. The molecule has 0 aromatic heterocycles. The maximum Gasteiger partial charge on any atom is 0.321 e. The van der Waals surface area contributed by atoms with Gasteiger partial charge in [-0.15, -0.1) is 6.58 Å². The Labute approximate surface area is 118 Å². The van der Waals surface area contributed by atoms with Crippen LogP contribution < -0.4 is 10.6 Å². The molecule has 7 heteroatoms. The smallest absolute Gasteiger partial charge is 0.321 e. The van der Waals surface area contributed by atoms with Gasteiger partial charge in [-0.25, -0.2) is 4.79 Å². The maximum atomic E-state index is 11.3. The molecule has 20 heavy (non-hydrogen) atoms. The summed E-state index contributed by atoms with van der Waals surface area (Å²) in [6, 6.07) is -0.569. The molecule has 0 bridgehead atoms. The fourth-order valence-electron chi connectivity index (χ4n) is 1.30. The van der Waals surface area contributed by atoms with Gasteiger partial charge in [-0.05, 0) is 19.3 Å². The van der Waals surface area contributed by atoms with Gasteiger partial charge in [0, 0.05) is 19.4 Å². The zero-order valence-corrected chi connectivity index (χ0v) is 11.5.